The number of nitrogens with zero attached hydrogens (tertiary/aromatic N) is 2. The molecule has 0 unspecified atom stereocenters. The summed E-state index contributed by atoms with van der Waals surface area (Å²) in [6.07, 6.45) is 6.31. The molecule has 2 rings (SSSR count). The van der Waals surface area contributed by atoms with E-state index in [0.29, 0.717) is 5.56 Å². The van der Waals surface area contributed by atoms with Gasteiger partial charge in [0.05, 0.1) is 11.9 Å². The number of hydrogen-bond donors (Lipinski definition) is 1. The van der Waals surface area contributed by atoms with Crippen molar-refractivity contribution in [3.8, 4) is 0 Å². The third-order valence-electron chi connectivity index (χ3n) is 2.90. The molecule has 0 amide bonds. The zero-order chi connectivity index (χ0) is 12.1. The maximum Gasteiger partial charge on any atom is 0.220 e. The fourth-order valence-electron chi connectivity index (χ4n) is 2.03. The molecule has 17 heavy (non-hydrogen) atoms. The van der Waals surface area contributed by atoms with Gasteiger partial charge in [-0.15, -0.1) is 0 Å². The molecule has 92 valence electrons. The van der Waals surface area contributed by atoms with Crippen LogP contribution in [0.5, 0.6) is 0 Å². The molecule has 2 heterocycles. The molecule has 0 aromatic carbocycles. The van der Waals surface area contributed by atoms with Crippen molar-refractivity contribution >= 4 is 11.8 Å². The predicted octanol–water partition coefficient (Wildman–Crippen LogP) is 2.05. The minimum absolute atomic E-state index is 0.403. The van der Waals surface area contributed by atoms with E-state index in [4.69, 9.17) is 0 Å². The second-order valence-corrected chi connectivity index (χ2v) is 4.16. The van der Waals surface area contributed by atoms with Crippen LogP contribution in [0.25, 0.3) is 6.08 Å². The molecule has 1 aliphatic heterocycles. The van der Waals surface area contributed by atoms with Crippen LogP contribution in [0.3, 0.4) is 0 Å². The van der Waals surface area contributed by atoms with Gasteiger partial charge < -0.3 is 10.2 Å². The molecule has 1 aliphatic rings. The van der Waals surface area contributed by atoms with Crippen molar-refractivity contribution in [2.24, 2.45) is 0 Å². The molecular weight excluding hydrogens is 217 g/mol. The number of aromatic nitrogens is 1. The fourth-order valence-corrected chi connectivity index (χ4v) is 2.03. The highest BCUT2D eigenvalue weighted by Gasteiger charge is 2.11. The van der Waals surface area contributed by atoms with Crippen LogP contribution >= 0.6 is 0 Å². The van der Waals surface area contributed by atoms with Crippen LogP contribution < -0.4 is 10.2 Å². The van der Waals surface area contributed by atoms with Crippen LogP contribution in [0, 0.1) is 5.95 Å². The molecule has 4 heteroatoms. The van der Waals surface area contributed by atoms with E-state index in [1.165, 1.54) is 0 Å². The first kappa shape index (κ1) is 12.0. The Hall–Kier alpha value is -1.42. The Morgan fingerprint density at radius 1 is 1.41 bits per heavy atom. The molecule has 1 N–H and O–H groups in total. The zero-order valence-corrected chi connectivity index (χ0v) is 10.1. The number of nitrogens with one attached hydrogen (secondary N) is 1. The summed E-state index contributed by atoms with van der Waals surface area (Å²) in [6, 6.07) is 1.87. The third kappa shape index (κ3) is 3.03. The van der Waals surface area contributed by atoms with Gasteiger partial charge in [0.25, 0.3) is 0 Å². The Morgan fingerprint density at radius 2 is 2.29 bits per heavy atom. The van der Waals surface area contributed by atoms with Gasteiger partial charge in [0.1, 0.15) is 0 Å². The van der Waals surface area contributed by atoms with Gasteiger partial charge in [-0.25, -0.2) is 4.98 Å². The van der Waals surface area contributed by atoms with Crippen LogP contribution in [0.15, 0.2) is 18.3 Å². The molecular formula is C13H18FN3. The standard InChI is InChI=1S/C13H18FN3/c1-2-4-11-9-12(10-16-13(11)14)17-7-3-5-15-6-8-17/h2,4,9-10,15H,3,5-8H2,1H3/b4-2-. The summed E-state index contributed by atoms with van der Waals surface area (Å²) in [5.41, 5.74) is 1.56. The predicted molar refractivity (Wildman–Crippen MR) is 68.6 cm³/mol. The summed E-state index contributed by atoms with van der Waals surface area (Å²) in [5, 5.41) is 3.35. The van der Waals surface area contributed by atoms with Gasteiger partial charge in [-0.05, 0) is 26.0 Å². The highest BCUT2D eigenvalue weighted by Crippen LogP contribution is 2.18. The summed E-state index contributed by atoms with van der Waals surface area (Å²) in [7, 11) is 0. The molecule has 0 radical (unpaired) electrons. The van der Waals surface area contributed by atoms with Crippen LogP contribution in [0.4, 0.5) is 10.1 Å². The van der Waals surface area contributed by atoms with Gasteiger partial charge >= 0.3 is 0 Å². The second-order valence-electron chi connectivity index (χ2n) is 4.16. The quantitative estimate of drug-likeness (QED) is 0.795. The molecule has 1 saturated heterocycles. The Morgan fingerprint density at radius 3 is 3.12 bits per heavy atom. The Balaban J connectivity index is 2.22. The van der Waals surface area contributed by atoms with Crippen LogP contribution in [-0.4, -0.2) is 31.2 Å². The van der Waals surface area contributed by atoms with E-state index in [2.05, 4.69) is 15.2 Å². The van der Waals surface area contributed by atoms with Gasteiger partial charge in [-0.1, -0.05) is 12.2 Å². The lowest BCUT2D eigenvalue weighted by Crippen LogP contribution is -2.28. The van der Waals surface area contributed by atoms with Gasteiger partial charge in [0.2, 0.25) is 5.95 Å². The van der Waals surface area contributed by atoms with E-state index in [9.17, 15) is 4.39 Å². The molecule has 0 aliphatic carbocycles. The first-order valence-electron chi connectivity index (χ1n) is 6.05. The topological polar surface area (TPSA) is 28.2 Å². The lowest BCUT2D eigenvalue weighted by atomic mass is 10.2. The number of anilines is 1. The summed E-state index contributed by atoms with van der Waals surface area (Å²) in [4.78, 5) is 6.07. The normalized spacial score (nSPS) is 17.4. The van der Waals surface area contributed by atoms with Crippen LogP contribution in [0.1, 0.15) is 18.9 Å². The van der Waals surface area contributed by atoms with Crippen molar-refractivity contribution in [1.29, 1.82) is 0 Å². The Kier molecular flexibility index (Phi) is 4.09. The maximum absolute atomic E-state index is 13.4. The SMILES string of the molecule is C/C=C\c1cc(N2CCCNCC2)cnc1F. The van der Waals surface area contributed by atoms with Gasteiger partial charge in [-0.2, -0.15) is 4.39 Å². The number of hydrogen-bond acceptors (Lipinski definition) is 3. The highest BCUT2D eigenvalue weighted by atomic mass is 19.1. The van der Waals surface area contributed by atoms with Crippen molar-refractivity contribution in [2.45, 2.75) is 13.3 Å². The first-order chi connectivity index (χ1) is 8.31. The number of rotatable bonds is 2. The summed E-state index contributed by atoms with van der Waals surface area (Å²) < 4.78 is 13.4. The van der Waals surface area contributed by atoms with Crippen LogP contribution in [0.2, 0.25) is 0 Å². The number of pyridine rings is 1. The molecule has 1 aromatic rings. The molecule has 1 fully saturated rings. The molecule has 3 nitrogen and oxygen atoms in total. The van der Waals surface area contributed by atoms with E-state index >= 15 is 0 Å². The monoisotopic (exact) mass is 235 g/mol. The summed E-state index contributed by atoms with van der Waals surface area (Å²) in [6.45, 7) is 5.84. The van der Waals surface area contributed by atoms with Crippen molar-refractivity contribution in [2.75, 3.05) is 31.1 Å². The van der Waals surface area contributed by atoms with E-state index in [1.807, 2.05) is 19.1 Å². The maximum atomic E-state index is 13.4. The van der Waals surface area contributed by atoms with Gasteiger partial charge in [0, 0.05) is 25.2 Å². The first-order valence-corrected chi connectivity index (χ1v) is 6.05. The third-order valence-corrected chi connectivity index (χ3v) is 2.90. The molecule has 1 aromatic heterocycles. The molecule has 0 atom stereocenters. The average Bonchev–Trinajstić information content (AvgIpc) is 2.61. The van der Waals surface area contributed by atoms with Crippen molar-refractivity contribution in [1.82, 2.24) is 10.3 Å². The number of allylic oxidation sites excluding steroid dienone is 1. The smallest absolute Gasteiger partial charge is 0.220 e. The Bertz CT molecular complexity index is 396. The van der Waals surface area contributed by atoms with E-state index < -0.39 is 5.95 Å². The number of halogens is 1. The molecule has 0 spiro atoms. The largest absolute Gasteiger partial charge is 0.369 e. The Labute approximate surface area is 101 Å². The fraction of sp³-hybridized carbons (Fsp3) is 0.462. The lowest BCUT2D eigenvalue weighted by Gasteiger charge is -2.22. The van der Waals surface area contributed by atoms with E-state index in [0.717, 1.165) is 38.3 Å². The van der Waals surface area contributed by atoms with Crippen molar-refractivity contribution < 1.29 is 4.39 Å². The highest BCUT2D eigenvalue weighted by molar-refractivity contribution is 5.56. The average molecular weight is 235 g/mol. The molecule has 0 bridgehead atoms. The van der Waals surface area contributed by atoms with E-state index in [-0.39, 0.29) is 0 Å². The minimum Gasteiger partial charge on any atom is -0.369 e. The zero-order valence-electron chi connectivity index (χ0n) is 10.1. The van der Waals surface area contributed by atoms with E-state index in [1.54, 1.807) is 12.3 Å². The van der Waals surface area contributed by atoms with Crippen molar-refractivity contribution in [3.05, 3.63) is 29.9 Å². The summed E-state index contributed by atoms with van der Waals surface area (Å²) >= 11 is 0. The molecule has 0 saturated carbocycles. The van der Waals surface area contributed by atoms with Crippen LogP contribution in [-0.2, 0) is 0 Å². The van der Waals surface area contributed by atoms with Gasteiger partial charge in [0.15, 0.2) is 0 Å². The minimum atomic E-state index is -0.403. The van der Waals surface area contributed by atoms with Crippen molar-refractivity contribution in [3.63, 3.8) is 0 Å². The summed E-state index contributed by atoms with van der Waals surface area (Å²) in [5.74, 6) is -0.403. The second kappa shape index (κ2) is 5.77. The lowest BCUT2D eigenvalue weighted by molar-refractivity contribution is 0.580. The van der Waals surface area contributed by atoms with Gasteiger partial charge in [-0.3, -0.25) is 0 Å².